The minimum Gasteiger partial charge on any atom is -0.311 e. The second kappa shape index (κ2) is 14.3. The van der Waals surface area contributed by atoms with Gasteiger partial charge in [0.25, 0.3) is 0 Å². The van der Waals surface area contributed by atoms with E-state index in [9.17, 15) is 0 Å². The minimum absolute atomic E-state index is 1.09. The van der Waals surface area contributed by atoms with Crippen molar-refractivity contribution in [2.75, 3.05) is 4.90 Å². The molecule has 12 rings (SSSR count). The summed E-state index contributed by atoms with van der Waals surface area (Å²) in [6.07, 6.45) is 0. The second-order valence-corrected chi connectivity index (χ2v) is 15.8. The monoisotopic (exact) mass is 777 g/mol. The lowest BCUT2D eigenvalue weighted by Crippen LogP contribution is -2.10. The first kappa shape index (κ1) is 34.9. The Morgan fingerprint density at radius 2 is 0.656 bits per heavy atom. The molecule has 0 aliphatic heterocycles. The molecule has 286 valence electrons. The maximum absolute atomic E-state index is 2.40. The van der Waals surface area contributed by atoms with Crippen molar-refractivity contribution < 1.29 is 0 Å². The lowest BCUT2D eigenvalue weighted by molar-refractivity contribution is 1.17. The van der Waals surface area contributed by atoms with Gasteiger partial charge in [-0.15, -0.1) is 0 Å². The lowest BCUT2D eigenvalue weighted by Gasteiger charge is -2.26. The van der Waals surface area contributed by atoms with Gasteiger partial charge in [-0.1, -0.05) is 146 Å². The summed E-state index contributed by atoms with van der Waals surface area (Å²) in [6, 6.07) is 85.9. The van der Waals surface area contributed by atoms with Gasteiger partial charge in [-0.05, 0) is 124 Å². The van der Waals surface area contributed by atoms with E-state index < -0.39 is 0 Å². The molecule has 0 unspecified atom stereocenters. The standard InChI is InChI=1S/C58H39N3/c1-2-12-40(13-3-1)42-22-28-46(29-23-42)59(48-33-35-49(36-34-48)60-55-19-9-6-16-51(55)52-17-7-10-20-56(52)60)47-30-24-43(25-31-47)45-27-37-58-54(39-45)53-18-8-11-21-57(53)61(58)50-32-26-41-14-4-5-15-44(41)38-50/h1-39H. The number of para-hydroxylation sites is 3. The Labute approximate surface area is 354 Å². The number of fused-ring (bicyclic) bond motifs is 7. The van der Waals surface area contributed by atoms with E-state index in [0.717, 1.165) is 22.7 Å². The van der Waals surface area contributed by atoms with E-state index in [2.05, 4.69) is 251 Å². The van der Waals surface area contributed by atoms with E-state index in [0.29, 0.717) is 0 Å². The molecule has 2 aromatic heterocycles. The van der Waals surface area contributed by atoms with Crippen molar-refractivity contribution in [3.63, 3.8) is 0 Å². The Balaban J connectivity index is 0.938. The molecule has 10 aromatic carbocycles. The highest BCUT2D eigenvalue weighted by molar-refractivity contribution is 6.11. The summed E-state index contributed by atoms with van der Waals surface area (Å²) in [5.74, 6) is 0. The zero-order valence-corrected chi connectivity index (χ0v) is 33.4. The molecular weight excluding hydrogens is 739 g/mol. The molecule has 0 N–H and O–H groups in total. The third-order valence-electron chi connectivity index (χ3n) is 12.3. The first-order valence-corrected chi connectivity index (χ1v) is 20.9. The van der Waals surface area contributed by atoms with Crippen LogP contribution >= 0.6 is 0 Å². The number of benzene rings is 10. The molecule has 0 radical (unpaired) electrons. The smallest absolute Gasteiger partial charge is 0.0541 e. The molecule has 12 aromatic rings. The van der Waals surface area contributed by atoms with Gasteiger partial charge in [-0.2, -0.15) is 0 Å². The molecular formula is C58H39N3. The molecule has 0 aliphatic rings. The van der Waals surface area contributed by atoms with Gasteiger partial charge in [0.05, 0.1) is 22.1 Å². The van der Waals surface area contributed by atoms with Gasteiger partial charge in [-0.3, -0.25) is 0 Å². The quantitative estimate of drug-likeness (QED) is 0.157. The van der Waals surface area contributed by atoms with E-state index in [1.54, 1.807) is 0 Å². The fraction of sp³-hybridized carbons (Fsp3) is 0. The Morgan fingerprint density at radius 3 is 1.26 bits per heavy atom. The molecule has 0 amide bonds. The van der Waals surface area contributed by atoms with Crippen LogP contribution < -0.4 is 4.90 Å². The minimum atomic E-state index is 1.09. The van der Waals surface area contributed by atoms with Crippen LogP contribution in [0.4, 0.5) is 17.1 Å². The van der Waals surface area contributed by atoms with E-state index >= 15 is 0 Å². The third kappa shape index (κ3) is 5.90. The van der Waals surface area contributed by atoms with Crippen LogP contribution in [0.3, 0.4) is 0 Å². The number of nitrogens with zero attached hydrogens (tertiary/aromatic N) is 3. The van der Waals surface area contributed by atoms with Gasteiger partial charge in [0.15, 0.2) is 0 Å². The van der Waals surface area contributed by atoms with Crippen LogP contribution in [0.25, 0.3) is 88.0 Å². The van der Waals surface area contributed by atoms with Crippen molar-refractivity contribution in [1.29, 1.82) is 0 Å². The van der Waals surface area contributed by atoms with Gasteiger partial charge < -0.3 is 14.0 Å². The van der Waals surface area contributed by atoms with Gasteiger partial charge in [0.2, 0.25) is 0 Å². The molecule has 0 saturated heterocycles. The summed E-state index contributed by atoms with van der Waals surface area (Å²) in [7, 11) is 0. The Hall–Kier alpha value is -8.14. The summed E-state index contributed by atoms with van der Waals surface area (Å²) < 4.78 is 4.77. The Kier molecular flexibility index (Phi) is 8.17. The van der Waals surface area contributed by atoms with Crippen LogP contribution in [-0.4, -0.2) is 9.13 Å². The predicted octanol–water partition coefficient (Wildman–Crippen LogP) is 15.8. The van der Waals surface area contributed by atoms with Gasteiger partial charge in [-0.25, -0.2) is 0 Å². The van der Waals surface area contributed by atoms with E-state index in [1.807, 2.05) is 0 Å². The van der Waals surface area contributed by atoms with E-state index in [-0.39, 0.29) is 0 Å². The number of aromatic nitrogens is 2. The molecule has 2 heterocycles. The summed E-state index contributed by atoms with van der Waals surface area (Å²) in [4.78, 5) is 2.36. The summed E-state index contributed by atoms with van der Waals surface area (Å²) >= 11 is 0. The molecule has 0 saturated carbocycles. The van der Waals surface area contributed by atoms with E-state index in [4.69, 9.17) is 0 Å². The molecule has 0 bridgehead atoms. The van der Waals surface area contributed by atoms with Crippen LogP contribution in [0.1, 0.15) is 0 Å². The summed E-state index contributed by atoms with van der Waals surface area (Å²) in [5.41, 5.74) is 15.2. The van der Waals surface area contributed by atoms with Crippen molar-refractivity contribution in [3.8, 4) is 33.6 Å². The van der Waals surface area contributed by atoms with E-state index in [1.165, 1.54) is 82.3 Å². The molecule has 3 nitrogen and oxygen atoms in total. The number of anilines is 3. The highest BCUT2D eigenvalue weighted by Gasteiger charge is 2.17. The first-order chi connectivity index (χ1) is 30.2. The molecule has 0 fully saturated rings. The average molecular weight is 778 g/mol. The first-order valence-electron chi connectivity index (χ1n) is 20.9. The SMILES string of the molecule is c1ccc(-c2ccc(N(c3ccc(-c4ccc5c(c4)c4ccccc4n5-c4ccc5ccccc5c4)cc3)c3ccc(-n4c5ccccc5c5ccccc54)cc3)cc2)cc1. The predicted molar refractivity (Wildman–Crippen MR) is 258 cm³/mol. The lowest BCUT2D eigenvalue weighted by atomic mass is 10.0. The number of hydrogen-bond acceptors (Lipinski definition) is 1. The summed E-state index contributed by atoms with van der Waals surface area (Å²) in [6.45, 7) is 0. The number of hydrogen-bond donors (Lipinski definition) is 0. The molecule has 0 atom stereocenters. The Morgan fingerprint density at radius 1 is 0.246 bits per heavy atom. The average Bonchev–Trinajstić information content (AvgIpc) is 3.85. The van der Waals surface area contributed by atoms with Crippen molar-refractivity contribution in [1.82, 2.24) is 9.13 Å². The van der Waals surface area contributed by atoms with Crippen LogP contribution in [-0.2, 0) is 0 Å². The highest BCUT2D eigenvalue weighted by Crippen LogP contribution is 2.40. The third-order valence-corrected chi connectivity index (χ3v) is 12.3. The summed E-state index contributed by atoms with van der Waals surface area (Å²) in [5, 5.41) is 7.50. The van der Waals surface area contributed by atoms with Gasteiger partial charge >= 0.3 is 0 Å². The largest absolute Gasteiger partial charge is 0.311 e. The van der Waals surface area contributed by atoms with Crippen molar-refractivity contribution in [2.24, 2.45) is 0 Å². The van der Waals surface area contributed by atoms with Crippen LogP contribution in [0.5, 0.6) is 0 Å². The molecule has 0 spiro atoms. The molecule has 0 aliphatic carbocycles. The Bertz CT molecular complexity index is 3500. The van der Waals surface area contributed by atoms with Gasteiger partial charge in [0.1, 0.15) is 0 Å². The maximum atomic E-state index is 2.40. The molecule has 61 heavy (non-hydrogen) atoms. The van der Waals surface area contributed by atoms with Crippen LogP contribution in [0, 0.1) is 0 Å². The second-order valence-electron chi connectivity index (χ2n) is 15.8. The number of rotatable bonds is 7. The fourth-order valence-electron chi connectivity index (χ4n) is 9.38. The van der Waals surface area contributed by atoms with Gasteiger partial charge in [0, 0.05) is 50.0 Å². The topological polar surface area (TPSA) is 13.1 Å². The molecule has 3 heteroatoms. The van der Waals surface area contributed by atoms with Crippen molar-refractivity contribution in [3.05, 3.63) is 237 Å². The fourth-order valence-corrected chi connectivity index (χ4v) is 9.38. The highest BCUT2D eigenvalue weighted by atomic mass is 15.1. The maximum Gasteiger partial charge on any atom is 0.0541 e. The zero-order valence-electron chi connectivity index (χ0n) is 33.4. The van der Waals surface area contributed by atoms with Crippen molar-refractivity contribution >= 4 is 71.4 Å². The normalized spacial score (nSPS) is 11.6. The zero-order chi connectivity index (χ0) is 40.3. The van der Waals surface area contributed by atoms with Crippen molar-refractivity contribution in [2.45, 2.75) is 0 Å². The van der Waals surface area contributed by atoms with Crippen LogP contribution in [0.15, 0.2) is 237 Å². The van der Waals surface area contributed by atoms with Crippen LogP contribution in [0.2, 0.25) is 0 Å².